The summed E-state index contributed by atoms with van der Waals surface area (Å²) in [4.78, 5) is 29.7. The molecule has 0 saturated carbocycles. The second kappa shape index (κ2) is 6.78. The maximum atomic E-state index is 12.4. The number of halogens is 2. The summed E-state index contributed by atoms with van der Waals surface area (Å²) in [5.74, 6) is 0.728. The van der Waals surface area contributed by atoms with Gasteiger partial charge in [-0.3, -0.25) is 9.59 Å². The standard InChI is InChI=1S/C15H15Cl2N5O2/c1-9-19-15(10-2-3-11(16)12(17)6-10)22(20-9)8-14(24)21-5-4-18-13(23)7-21/h2-3,6H,4-5,7-8H2,1H3,(H,18,23). The Morgan fingerprint density at radius 1 is 1.33 bits per heavy atom. The number of benzene rings is 1. The van der Waals surface area contributed by atoms with Gasteiger partial charge in [0.05, 0.1) is 16.6 Å². The number of amides is 2. The summed E-state index contributed by atoms with van der Waals surface area (Å²) < 4.78 is 1.52. The first-order chi connectivity index (χ1) is 11.4. The Morgan fingerprint density at radius 3 is 2.83 bits per heavy atom. The van der Waals surface area contributed by atoms with Crippen molar-refractivity contribution in [2.24, 2.45) is 0 Å². The average molecular weight is 368 g/mol. The topological polar surface area (TPSA) is 80.1 Å². The van der Waals surface area contributed by atoms with E-state index in [2.05, 4.69) is 15.4 Å². The fraction of sp³-hybridized carbons (Fsp3) is 0.333. The molecule has 24 heavy (non-hydrogen) atoms. The van der Waals surface area contributed by atoms with Gasteiger partial charge in [-0.05, 0) is 25.1 Å². The van der Waals surface area contributed by atoms with Crippen LogP contribution in [0.4, 0.5) is 0 Å². The maximum absolute atomic E-state index is 12.4. The monoisotopic (exact) mass is 367 g/mol. The lowest BCUT2D eigenvalue weighted by Gasteiger charge is -2.26. The SMILES string of the molecule is Cc1nc(-c2ccc(Cl)c(Cl)c2)n(CC(=O)N2CCNC(=O)C2)n1. The number of carbonyl (C=O) groups is 2. The van der Waals surface area contributed by atoms with Gasteiger partial charge in [-0.1, -0.05) is 23.2 Å². The molecule has 1 fully saturated rings. The van der Waals surface area contributed by atoms with Crippen LogP contribution in [0.15, 0.2) is 18.2 Å². The van der Waals surface area contributed by atoms with E-state index in [1.165, 1.54) is 9.58 Å². The number of aryl methyl sites for hydroxylation is 1. The summed E-state index contributed by atoms with van der Waals surface area (Å²) in [5.41, 5.74) is 0.717. The molecular formula is C15H15Cl2N5O2. The molecule has 0 radical (unpaired) electrons. The second-order valence-electron chi connectivity index (χ2n) is 5.43. The minimum absolute atomic E-state index is 0.00367. The van der Waals surface area contributed by atoms with Crippen molar-refractivity contribution < 1.29 is 9.59 Å². The molecule has 1 saturated heterocycles. The minimum atomic E-state index is -0.184. The van der Waals surface area contributed by atoms with Crippen LogP contribution in [-0.4, -0.2) is 51.1 Å². The number of carbonyl (C=O) groups excluding carboxylic acids is 2. The highest BCUT2D eigenvalue weighted by Crippen LogP contribution is 2.27. The molecule has 0 atom stereocenters. The van der Waals surface area contributed by atoms with Gasteiger partial charge < -0.3 is 10.2 Å². The van der Waals surface area contributed by atoms with Crippen molar-refractivity contribution in [2.75, 3.05) is 19.6 Å². The zero-order valence-corrected chi connectivity index (χ0v) is 14.4. The molecule has 126 valence electrons. The van der Waals surface area contributed by atoms with Gasteiger partial charge in [0.2, 0.25) is 11.8 Å². The molecule has 3 rings (SSSR count). The van der Waals surface area contributed by atoms with E-state index in [9.17, 15) is 9.59 Å². The summed E-state index contributed by atoms with van der Waals surface area (Å²) in [6, 6.07) is 5.13. The molecule has 9 heteroatoms. The number of hydrogen-bond acceptors (Lipinski definition) is 4. The highest BCUT2D eigenvalue weighted by molar-refractivity contribution is 6.42. The lowest BCUT2D eigenvalue weighted by atomic mass is 10.2. The van der Waals surface area contributed by atoms with Crippen LogP contribution >= 0.6 is 23.2 Å². The number of rotatable bonds is 3. The van der Waals surface area contributed by atoms with E-state index < -0.39 is 0 Å². The molecule has 1 aromatic heterocycles. The van der Waals surface area contributed by atoms with Gasteiger partial charge in [0.1, 0.15) is 12.4 Å². The minimum Gasteiger partial charge on any atom is -0.353 e. The van der Waals surface area contributed by atoms with Gasteiger partial charge in [-0.2, -0.15) is 5.10 Å². The van der Waals surface area contributed by atoms with E-state index in [0.717, 1.165) is 0 Å². The predicted molar refractivity (Wildman–Crippen MR) is 89.8 cm³/mol. The summed E-state index contributed by atoms with van der Waals surface area (Å²) >= 11 is 12.0. The Hall–Kier alpha value is -2.12. The van der Waals surface area contributed by atoms with Crippen molar-refractivity contribution in [1.82, 2.24) is 25.0 Å². The Labute approximate surface area is 148 Å². The van der Waals surface area contributed by atoms with Gasteiger partial charge in [-0.15, -0.1) is 0 Å². The molecule has 0 spiro atoms. The van der Waals surface area contributed by atoms with Crippen molar-refractivity contribution in [3.05, 3.63) is 34.1 Å². The first-order valence-electron chi connectivity index (χ1n) is 7.35. The van der Waals surface area contributed by atoms with Crippen LogP contribution in [0.3, 0.4) is 0 Å². The van der Waals surface area contributed by atoms with E-state index in [1.54, 1.807) is 25.1 Å². The summed E-state index contributed by atoms with van der Waals surface area (Å²) in [6.07, 6.45) is 0. The summed E-state index contributed by atoms with van der Waals surface area (Å²) in [6.45, 7) is 2.76. The lowest BCUT2D eigenvalue weighted by Crippen LogP contribution is -2.50. The Morgan fingerprint density at radius 2 is 2.12 bits per heavy atom. The third-order valence-electron chi connectivity index (χ3n) is 3.63. The molecule has 1 N–H and O–H groups in total. The van der Waals surface area contributed by atoms with Gasteiger partial charge in [0.15, 0.2) is 5.82 Å². The van der Waals surface area contributed by atoms with Crippen LogP contribution < -0.4 is 5.32 Å². The molecule has 0 unspecified atom stereocenters. The van der Waals surface area contributed by atoms with E-state index in [1.807, 2.05) is 0 Å². The maximum Gasteiger partial charge on any atom is 0.244 e. The third kappa shape index (κ3) is 3.52. The predicted octanol–water partition coefficient (Wildman–Crippen LogP) is 1.52. The van der Waals surface area contributed by atoms with Crippen LogP contribution in [-0.2, 0) is 16.1 Å². The average Bonchev–Trinajstić information content (AvgIpc) is 2.90. The number of nitrogens with zero attached hydrogens (tertiary/aromatic N) is 4. The Kier molecular flexibility index (Phi) is 4.73. The van der Waals surface area contributed by atoms with E-state index in [4.69, 9.17) is 23.2 Å². The van der Waals surface area contributed by atoms with Crippen LogP contribution in [0.2, 0.25) is 10.0 Å². The quantitative estimate of drug-likeness (QED) is 0.891. The number of hydrogen-bond donors (Lipinski definition) is 1. The Balaban J connectivity index is 1.85. The van der Waals surface area contributed by atoms with Gasteiger partial charge in [-0.25, -0.2) is 9.67 Å². The zero-order chi connectivity index (χ0) is 17.3. The molecule has 0 aliphatic carbocycles. The first kappa shape index (κ1) is 16.7. The lowest BCUT2D eigenvalue weighted by molar-refractivity contribution is -0.138. The van der Waals surface area contributed by atoms with Gasteiger partial charge in [0.25, 0.3) is 0 Å². The first-order valence-corrected chi connectivity index (χ1v) is 8.11. The van der Waals surface area contributed by atoms with Gasteiger partial charge in [0, 0.05) is 18.7 Å². The molecule has 1 aromatic carbocycles. The fourth-order valence-electron chi connectivity index (χ4n) is 2.49. The van der Waals surface area contributed by atoms with Crippen molar-refractivity contribution in [3.8, 4) is 11.4 Å². The molecule has 0 bridgehead atoms. The number of aromatic nitrogens is 3. The molecule has 7 nitrogen and oxygen atoms in total. The van der Waals surface area contributed by atoms with Crippen molar-refractivity contribution >= 4 is 35.0 Å². The molecular weight excluding hydrogens is 353 g/mol. The van der Waals surface area contributed by atoms with E-state index in [-0.39, 0.29) is 24.9 Å². The number of piperazine rings is 1. The van der Waals surface area contributed by atoms with E-state index >= 15 is 0 Å². The highest BCUT2D eigenvalue weighted by atomic mass is 35.5. The van der Waals surface area contributed by atoms with Crippen molar-refractivity contribution in [1.29, 1.82) is 0 Å². The van der Waals surface area contributed by atoms with E-state index in [0.29, 0.717) is 40.3 Å². The molecule has 2 amide bonds. The summed E-state index contributed by atoms with van der Waals surface area (Å²) in [5, 5.41) is 7.81. The molecule has 1 aliphatic heterocycles. The van der Waals surface area contributed by atoms with Crippen LogP contribution in [0.25, 0.3) is 11.4 Å². The largest absolute Gasteiger partial charge is 0.353 e. The zero-order valence-electron chi connectivity index (χ0n) is 12.9. The third-order valence-corrected chi connectivity index (χ3v) is 4.37. The van der Waals surface area contributed by atoms with Crippen molar-refractivity contribution in [2.45, 2.75) is 13.5 Å². The normalized spacial score (nSPS) is 14.6. The second-order valence-corrected chi connectivity index (χ2v) is 6.25. The molecule has 2 heterocycles. The fourth-order valence-corrected chi connectivity index (χ4v) is 2.79. The molecule has 1 aliphatic rings. The molecule has 2 aromatic rings. The van der Waals surface area contributed by atoms with Crippen LogP contribution in [0.1, 0.15) is 5.82 Å². The van der Waals surface area contributed by atoms with Crippen LogP contribution in [0.5, 0.6) is 0 Å². The highest BCUT2D eigenvalue weighted by Gasteiger charge is 2.23. The van der Waals surface area contributed by atoms with Crippen molar-refractivity contribution in [3.63, 3.8) is 0 Å². The smallest absolute Gasteiger partial charge is 0.244 e. The van der Waals surface area contributed by atoms with Gasteiger partial charge >= 0.3 is 0 Å². The number of nitrogens with one attached hydrogen (secondary N) is 1. The Bertz CT molecular complexity index is 805. The summed E-state index contributed by atoms with van der Waals surface area (Å²) in [7, 11) is 0. The van der Waals surface area contributed by atoms with Crippen LogP contribution in [0, 0.1) is 6.92 Å².